The Morgan fingerprint density at radius 3 is 2.75 bits per heavy atom. The smallest absolute Gasteiger partial charge is 0.345 e. The number of rotatable bonds is 3. The number of carbonyl (C=O) groups excluding carboxylic acids is 1. The fraction of sp³-hybridized carbons (Fsp3) is 0.133. The first-order chi connectivity index (χ1) is 11.3. The second kappa shape index (κ2) is 5.79. The summed E-state index contributed by atoms with van der Waals surface area (Å²) >= 11 is 5.61. The van der Waals surface area contributed by atoms with Gasteiger partial charge in [-0.3, -0.25) is 9.36 Å². The highest BCUT2D eigenvalue weighted by molar-refractivity contribution is 6.31. The molecule has 5 nitrogen and oxygen atoms in total. The van der Waals surface area contributed by atoms with E-state index in [2.05, 4.69) is 9.97 Å². The van der Waals surface area contributed by atoms with Gasteiger partial charge in [0.05, 0.1) is 22.5 Å². The second-order valence-electron chi connectivity index (χ2n) is 4.99. The molecule has 0 amide bonds. The van der Waals surface area contributed by atoms with E-state index in [4.69, 9.17) is 11.6 Å². The van der Waals surface area contributed by atoms with Crippen LogP contribution in [0.15, 0.2) is 35.5 Å². The van der Waals surface area contributed by atoms with Crippen molar-refractivity contribution in [2.75, 3.05) is 0 Å². The number of nitrogens with zero attached hydrogens (tertiary/aromatic N) is 2. The summed E-state index contributed by atoms with van der Waals surface area (Å²) in [6.45, 7) is -0.194. The Labute approximate surface area is 137 Å². The molecule has 0 saturated carbocycles. The molecule has 3 rings (SSSR count). The fourth-order valence-corrected chi connectivity index (χ4v) is 2.63. The van der Waals surface area contributed by atoms with E-state index < -0.39 is 22.3 Å². The summed E-state index contributed by atoms with van der Waals surface area (Å²) in [7, 11) is 0. The normalized spacial score (nSPS) is 11.8. The Kier molecular flexibility index (Phi) is 3.92. The number of halogens is 4. The summed E-state index contributed by atoms with van der Waals surface area (Å²) in [5.41, 5.74) is -0.869. The van der Waals surface area contributed by atoms with Gasteiger partial charge >= 0.3 is 6.18 Å². The quantitative estimate of drug-likeness (QED) is 0.733. The van der Waals surface area contributed by atoms with E-state index >= 15 is 0 Å². The molecule has 2 heterocycles. The van der Waals surface area contributed by atoms with Gasteiger partial charge in [0, 0.05) is 11.8 Å². The summed E-state index contributed by atoms with van der Waals surface area (Å²) in [4.78, 5) is 29.8. The molecule has 0 aliphatic carbocycles. The molecule has 124 valence electrons. The fourth-order valence-electron chi connectivity index (χ4n) is 2.40. The van der Waals surface area contributed by atoms with Crippen LogP contribution in [0.2, 0.25) is 5.02 Å². The van der Waals surface area contributed by atoms with Crippen molar-refractivity contribution in [3.63, 3.8) is 0 Å². The molecule has 0 unspecified atom stereocenters. The Morgan fingerprint density at radius 1 is 1.33 bits per heavy atom. The molecule has 0 radical (unpaired) electrons. The maximum atomic E-state index is 13.0. The van der Waals surface area contributed by atoms with Crippen LogP contribution in [0.1, 0.15) is 5.56 Å². The largest absolute Gasteiger partial charge is 0.417 e. The molecule has 1 aromatic carbocycles. The van der Waals surface area contributed by atoms with Gasteiger partial charge in [0.15, 0.2) is 0 Å². The Hall–Kier alpha value is -2.61. The van der Waals surface area contributed by atoms with E-state index in [9.17, 15) is 22.8 Å². The Morgan fingerprint density at radius 2 is 2.08 bits per heavy atom. The lowest BCUT2D eigenvalue weighted by atomic mass is 10.0. The van der Waals surface area contributed by atoms with Gasteiger partial charge in [0.2, 0.25) is 0 Å². The van der Waals surface area contributed by atoms with Gasteiger partial charge in [0.25, 0.3) is 5.56 Å². The second-order valence-corrected chi connectivity index (χ2v) is 5.39. The van der Waals surface area contributed by atoms with Crippen molar-refractivity contribution in [1.82, 2.24) is 14.5 Å². The predicted octanol–water partition coefficient (Wildman–Crippen LogP) is 3.26. The number of nitrogens with one attached hydrogen (secondary N) is 1. The highest BCUT2D eigenvalue weighted by Crippen LogP contribution is 2.38. The van der Waals surface area contributed by atoms with Crippen LogP contribution in [0.25, 0.3) is 22.2 Å². The monoisotopic (exact) mass is 355 g/mol. The van der Waals surface area contributed by atoms with Crippen LogP contribution in [0.4, 0.5) is 13.2 Å². The zero-order valence-electron chi connectivity index (χ0n) is 11.9. The molecular formula is C15H9ClF3N3O2. The predicted molar refractivity (Wildman–Crippen MR) is 81.9 cm³/mol. The lowest BCUT2D eigenvalue weighted by molar-refractivity contribution is -0.137. The minimum Gasteiger partial charge on any atom is -0.345 e. The van der Waals surface area contributed by atoms with Gasteiger partial charge in [-0.2, -0.15) is 13.2 Å². The number of carbonyl (C=O) groups is 1. The molecule has 3 aromatic rings. The van der Waals surface area contributed by atoms with Crippen LogP contribution in [0.3, 0.4) is 0 Å². The zero-order valence-corrected chi connectivity index (χ0v) is 12.6. The molecule has 0 spiro atoms. The Bertz CT molecular complexity index is 992. The minimum absolute atomic E-state index is 0.106. The van der Waals surface area contributed by atoms with Crippen LogP contribution >= 0.6 is 11.6 Å². The molecule has 0 saturated heterocycles. The lowest BCUT2D eigenvalue weighted by Gasteiger charge is -2.10. The first-order valence-corrected chi connectivity index (χ1v) is 7.08. The number of benzene rings is 1. The van der Waals surface area contributed by atoms with Crippen molar-refractivity contribution in [1.29, 1.82) is 0 Å². The number of aldehydes is 1. The SMILES string of the molecule is O=CCn1cnc2[nH]cc(-c3ccc(Cl)c(C(F)(F)F)c3)c2c1=O. The Balaban J connectivity index is 2.26. The first-order valence-electron chi connectivity index (χ1n) is 6.70. The summed E-state index contributed by atoms with van der Waals surface area (Å²) in [5.74, 6) is 0. The molecule has 24 heavy (non-hydrogen) atoms. The van der Waals surface area contributed by atoms with Crippen molar-refractivity contribution in [2.45, 2.75) is 12.7 Å². The average Bonchev–Trinajstić information content (AvgIpc) is 2.94. The molecule has 0 aliphatic rings. The van der Waals surface area contributed by atoms with Crippen molar-refractivity contribution in [3.8, 4) is 11.1 Å². The van der Waals surface area contributed by atoms with E-state index in [-0.39, 0.29) is 28.7 Å². The standard InChI is InChI=1S/C15H9ClF3N3O2/c16-11-2-1-8(5-10(11)15(17,18)19)9-6-20-13-12(9)14(24)22(3-4-23)7-21-13/h1-2,4-7,20H,3H2. The summed E-state index contributed by atoms with van der Waals surface area (Å²) < 4.78 is 40.1. The number of alkyl halides is 3. The van der Waals surface area contributed by atoms with E-state index in [1.54, 1.807) is 0 Å². The maximum absolute atomic E-state index is 13.0. The zero-order chi connectivity index (χ0) is 17.5. The van der Waals surface area contributed by atoms with Crippen molar-refractivity contribution in [2.24, 2.45) is 0 Å². The molecule has 1 N–H and O–H groups in total. The number of aromatic amines is 1. The summed E-state index contributed by atoms with van der Waals surface area (Å²) in [5, 5.41) is -0.322. The van der Waals surface area contributed by atoms with Gasteiger partial charge in [-0.15, -0.1) is 0 Å². The third-order valence-electron chi connectivity index (χ3n) is 3.51. The van der Waals surface area contributed by atoms with Crippen molar-refractivity contribution in [3.05, 3.63) is 51.7 Å². The lowest BCUT2D eigenvalue weighted by Crippen LogP contribution is -2.21. The number of hydrogen-bond donors (Lipinski definition) is 1. The van der Waals surface area contributed by atoms with E-state index in [0.29, 0.717) is 6.29 Å². The number of H-pyrrole nitrogens is 1. The maximum Gasteiger partial charge on any atom is 0.417 e. The molecular weight excluding hydrogens is 347 g/mol. The highest BCUT2D eigenvalue weighted by atomic mass is 35.5. The van der Waals surface area contributed by atoms with Gasteiger partial charge in [-0.1, -0.05) is 17.7 Å². The number of fused-ring (bicyclic) bond motifs is 1. The van der Waals surface area contributed by atoms with Gasteiger partial charge in [-0.25, -0.2) is 4.98 Å². The first kappa shape index (κ1) is 16.3. The van der Waals surface area contributed by atoms with Crippen LogP contribution in [0.5, 0.6) is 0 Å². The van der Waals surface area contributed by atoms with Gasteiger partial charge < -0.3 is 9.78 Å². The van der Waals surface area contributed by atoms with Crippen molar-refractivity contribution < 1.29 is 18.0 Å². The van der Waals surface area contributed by atoms with Crippen LogP contribution < -0.4 is 5.56 Å². The molecule has 0 aliphatic heterocycles. The van der Waals surface area contributed by atoms with Gasteiger partial charge in [0.1, 0.15) is 18.3 Å². The molecule has 0 fully saturated rings. The summed E-state index contributed by atoms with van der Waals surface area (Å²) in [6.07, 6.45) is -1.49. The van der Waals surface area contributed by atoms with E-state index in [0.717, 1.165) is 16.7 Å². The van der Waals surface area contributed by atoms with Crippen LogP contribution in [-0.2, 0) is 17.5 Å². The number of aromatic nitrogens is 3. The summed E-state index contributed by atoms with van der Waals surface area (Å²) in [6, 6.07) is 3.39. The molecule has 0 bridgehead atoms. The van der Waals surface area contributed by atoms with Crippen molar-refractivity contribution >= 4 is 28.9 Å². The topological polar surface area (TPSA) is 67.8 Å². The van der Waals surface area contributed by atoms with Crippen LogP contribution in [-0.4, -0.2) is 20.8 Å². The molecule has 0 atom stereocenters. The number of hydrogen-bond acceptors (Lipinski definition) is 3. The van der Waals surface area contributed by atoms with Crippen LogP contribution in [0, 0.1) is 0 Å². The molecule has 2 aromatic heterocycles. The van der Waals surface area contributed by atoms with E-state index in [1.807, 2.05) is 0 Å². The molecule has 9 heteroatoms. The minimum atomic E-state index is -4.62. The van der Waals surface area contributed by atoms with E-state index in [1.165, 1.54) is 18.6 Å². The van der Waals surface area contributed by atoms with Gasteiger partial charge in [-0.05, 0) is 17.7 Å². The third-order valence-corrected chi connectivity index (χ3v) is 3.84. The third kappa shape index (κ3) is 2.69. The highest BCUT2D eigenvalue weighted by Gasteiger charge is 2.33. The average molecular weight is 356 g/mol.